The lowest BCUT2D eigenvalue weighted by Crippen LogP contribution is -1.88. The van der Waals surface area contributed by atoms with Gasteiger partial charge in [0.15, 0.2) is 0 Å². The van der Waals surface area contributed by atoms with Crippen LogP contribution < -0.4 is 5.73 Å². The molecular formula is C18H14N2O. The van der Waals surface area contributed by atoms with Gasteiger partial charge in [-0.05, 0) is 29.8 Å². The van der Waals surface area contributed by atoms with Crippen LogP contribution in [0, 0.1) is 0 Å². The third-order valence-electron chi connectivity index (χ3n) is 3.86. The third kappa shape index (κ3) is 1.75. The summed E-state index contributed by atoms with van der Waals surface area (Å²) in [6, 6.07) is 19.4. The molecule has 0 unspecified atom stereocenters. The summed E-state index contributed by atoms with van der Waals surface area (Å²) < 4.78 is 0. The number of phenols is 1. The van der Waals surface area contributed by atoms with Gasteiger partial charge in [-0.1, -0.05) is 36.4 Å². The summed E-state index contributed by atoms with van der Waals surface area (Å²) in [4.78, 5) is 3.35. The first-order valence-electron chi connectivity index (χ1n) is 6.82. The van der Waals surface area contributed by atoms with Crippen LogP contribution >= 0.6 is 0 Å². The lowest BCUT2D eigenvalue weighted by Gasteiger charge is -2.07. The molecule has 0 fully saturated rings. The van der Waals surface area contributed by atoms with E-state index in [4.69, 9.17) is 5.73 Å². The van der Waals surface area contributed by atoms with Gasteiger partial charge in [0.1, 0.15) is 5.75 Å². The third-order valence-corrected chi connectivity index (χ3v) is 3.86. The van der Waals surface area contributed by atoms with E-state index in [-0.39, 0.29) is 5.75 Å². The summed E-state index contributed by atoms with van der Waals surface area (Å²) in [5.74, 6) is 0.260. The Morgan fingerprint density at radius 1 is 0.857 bits per heavy atom. The Labute approximate surface area is 121 Å². The van der Waals surface area contributed by atoms with Crippen molar-refractivity contribution in [2.45, 2.75) is 0 Å². The van der Waals surface area contributed by atoms with E-state index in [9.17, 15) is 5.11 Å². The number of nitrogen functional groups attached to an aromatic ring is 1. The van der Waals surface area contributed by atoms with Crippen molar-refractivity contribution in [1.29, 1.82) is 0 Å². The highest BCUT2D eigenvalue weighted by atomic mass is 16.3. The van der Waals surface area contributed by atoms with Gasteiger partial charge in [0.05, 0.1) is 11.2 Å². The summed E-state index contributed by atoms with van der Waals surface area (Å²) in [6.45, 7) is 0. The number of nitrogens with two attached hydrogens (primary N) is 1. The zero-order valence-corrected chi connectivity index (χ0v) is 11.3. The number of hydrogen-bond donors (Lipinski definition) is 3. The number of aromatic hydroxyl groups is 1. The quantitative estimate of drug-likeness (QED) is 0.454. The number of hydrogen-bond acceptors (Lipinski definition) is 2. The van der Waals surface area contributed by atoms with Crippen LogP contribution in [0.2, 0.25) is 0 Å². The number of nitrogens with one attached hydrogen (secondary N) is 1. The number of aromatic amines is 1. The van der Waals surface area contributed by atoms with E-state index in [0.29, 0.717) is 5.69 Å². The van der Waals surface area contributed by atoms with Gasteiger partial charge in [-0.15, -0.1) is 0 Å². The van der Waals surface area contributed by atoms with Gasteiger partial charge in [-0.3, -0.25) is 0 Å². The molecule has 21 heavy (non-hydrogen) atoms. The minimum Gasteiger partial charge on any atom is -0.507 e. The molecule has 0 aliphatic heterocycles. The number of anilines is 1. The number of para-hydroxylation sites is 2. The summed E-state index contributed by atoms with van der Waals surface area (Å²) >= 11 is 0. The largest absolute Gasteiger partial charge is 0.507 e. The average molecular weight is 274 g/mol. The number of phenolic OH excluding ortho intramolecular Hbond substituents is 1. The lowest BCUT2D eigenvalue weighted by molar-refractivity contribution is 0.477. The second-order valence-corrected chi connectivity index (χ2v) is 5.18. The van der Waals surface area contributed by atoms with Gasteiger partial charge in [0, 0.05) is 21.9 Å². The van der Waals surface area contributed by atoms with Gasteiger partial charge < -0.3 is 15.8 Å². The Hall–Kier alpha value is -2.94. The van der Waals surface area contributed by atoms with Crippen molar-refractivity contribution < 1.29 is 5.11 Å². The van der Waals surface area contributed by atoms with Crippen molar-refractivity contribution in [3.63, 3.8) is 0 Å². The molecule has 4 N–H and O–H groups in total. The monoisotopic (exact) mass is 274 g/mol. The topological polar surface area (TPSA) is 62.0 Å². The van der Waals surface area contributed by atoms with E-state index < -0.39 is 0 Å². The number of benzene rings is 3. The molecule has 0 bridgehead atoms. The maximum absolute atomic E-state index is 10.0. The van der Waals surface area contributed by atoms with Gasteiger partial charge in [-0.25, -0.2) is 0 Å². The molecule has 4 rings (SSSR count). The summed E-state index contributed by atoms with van der Waals surface area (Å²) in [6.07, 6.45) is 0. The fraction of sp³-hybridized carbons (Fsp3) is 0. The molecular weight excluding hydrogens is 260 g/mol. The minimum absolute atomic E-state index is 0.260. The van der Waals surface area contributed by atoms with Crippen molar-refractivity contribution in [3.05, 3.63) is 60.7 Å². The first-order chi connectivity index (χ1) is 10.2. The molecule has 0 saturated carbocycles. The Balaban J connectivity index is 2.09. The Morgan fingerprint density at radius 3 is 2.48 bits per heavy atom. The van der Waals surface area contributed by atoms with E-state index in [1.807, 2.05) is 42.5 Å². The lowest BCUT2D eigenvalue weighted by atomic mass is 10.0. The standard InChI is InChI=1S/C18H14N2O/c19-15-10-11(12-5-2-4-8-17(12)21)9-14-13-6-1-3-7-16(13)20-18(14)15/h1-10,20-21H,19H2. The van der Waals surface area contributed by atoms with Crippen LogP contribution in [-0.4, -0.2) is 10.1 Å². The normalized spacial score (nSPS) is 11.2. The Kier molecular flexibility index (Phi) is 2.42. The van der Waals surface area contributed by atoms with E-state index >= 15 is 0 Å². The van der Waals surface area contributed by atoms with Crippen LogP contribution in [0.4, 0.5) is 5.69 Å². The molecule has 3 heteroatoms. The molecule has 0 aliphatic carbocycles. The highest BCUT2D eigenvalue weighted by molar-refractivity contribution is 6.12. The summed E-state index contributed by atoms with van der Waals surface area (Å²) in [5, 5.41) is 12.3. The highest BCUT2D eigenvalue weighted by Gasteiger charge is 2.11. The fourth-order valence-corrected chi connectivity index (χ4v) is 2.85. The highest BCUT2D eigenvalue weighted by Crippen LogP contribution is 2.36. The van der Waals surface area contributed by atoms with E-state index in [1.165, 1.54) is 0 Å². The summed E-state index contributed by atoms with van der Waals surface area (Å²) in [7, 11) is 0. The zero-order chi connectivity index (χ0) is 14.4. The van der Waals surface area contributed by atoms with Crippen molar-refractivity contribution in [1.82, 2.24) is 4.98 Å². The van der Waals surface area contributed by atoms with Crippen LogP contribution in [0.15, 0.2) is 60.7 Å². The number of aromatic nitrogens is 1. The molecule has 1 aromatic heterocycles. The number of fused-ring (bicyclic) bond motifs is 3. The SMILES string of the molecule is Nc1cc(-c2ccccc2O)cc2c1[nH]c1ccccc12. The van der Waals surface area contributed by atoms with Crippen LogP contribution in [0.5, 0.6) is 5.75 Å². The Bertz CT molecular complexity index is 969. The second-order valence-electron chi connectivity index (χ2n) is 5.18. The minimum atomic E-state index is 0.260. The smallest absolute Gasteiger partial charge is 0.123 e. The molecule has 0 saturated heterocycles. The second kappa shape index (κ2) is 4.28. The number of H-pyrrole nitrogens is 1. The predicted octanol–water partition coefficient (Wildman–Crippen LogP) is 4.28. The molecule has 4 aromatic rings. The van der Waals surface area contributed by atoms with E-state index in [0.717, 1.165) is 32.9 Å². The van der Waals surface area contributed by atoms with Gasteiger partial charge in [0.25, 0.3) is 0 Å². The van der Waals surface area contributed by atoms with Crippen LogP contribution in [0.25, 0.3) is 32.9 Å². The predicted molar refractivity (Wildman–Crippen MR) is 87.3 cm³/mol. The van der Waals surface area contributed by atoms with Crippen molar-refractivity contribution in [2.24, 2.45) is 0 Å². The molecule has 3 aromatic carbocycles. The Morgan fingerprint density at radius 2 is 1.62 bits per heavy atom. The van der Waals surface area contributed by atoms with Crippen molar-refractivity contribution in [3.8, 4) is 16.9 Å². The van der Waals surface area contributed by atoms with Crippen LogP contribution in [-0.2, 0) is 0 Å². The zero-order valence-electron chi connectivity index (χ0n) is 11.3. The van der Waals surface area contributed by atoms with Crippen molar-refractivity contribution >= 4 is 27.5 Å². The van der Waals surface area contributed by atoms with Crippen LogP contribution in [0.1, 0.15) is 0 Å². The molecule has 1 heterocycles. The molecule has 0 amide bonds. The molecule has 0 radical (unpaired) electrons. The maximum Gasteiger partial charge on any atom is 0.123 e. The van der Waals surface area contributed by atoms with Gasteiger partial charge >= 0.3 is 0 Å². The van der Waals surface area contributed by atoms with E-state index in [1.54, 1.807) is 6.07 Å². The van der Waals surface area contributed by atoms with E-state index in [2.05, 4.69) is 17.1 Å². The van der Waals surface area contributed by atoms with Crippen molar-refractivity contribution in [2.75, 3.05) is 5.73 Å². The van der Waals surface area contributed by atoms with Crippen LogP contribution in [0.3, 0.4) is 0 Å². The fourth-order valence-electron chi connectivity index (χ4n) is 2.85. The van der Waals surface area contributed by atoms with Gasteiger partial charge in [-0.2, -0.15) is 0 Å². The molecule has 0 spiro atoms. The molecule has 102 valence electrons. The number of rotatable bonds is 1. The summed E-state index contributed by atoms with van der Waals surface area (Å²) in [5.41, 5.74) is 10.6. The molecule has 0 aliphatic rings. The van der Waals surface area contributed by atoms with Gasteiger partial charge in [0.2, 0.25) is 0 Å². The first kappa shape index (κ1) is 11.9. The first-order valence-corrected chi connectivity index (χ1v) is 6.82. The molecule has 3 nitrogen and oxygen atoms in total. The molecule has 0 atom stereocenters. The average Bonchev–Trinajstić information content (AvgIpc) is 2.87. The maximum atomic E-state index is 10.0.